The van der Waals surface area contributed by atoms with Gasteiger partial charge in [0.2, 0.25) is 5.76 Å². The maximum Gasteiger partial charge on any atom is 0.372 e. The first-order valence-corrected chi connectivity index (χ1v) is 6.68. The molecule has 1 aromatic heterocycles. The van der Waals surface area contributed by atoms with E-state index in [0.717, 1.165) is 30.5 Å². The van der Waals surface area contributed by atoms with Gasteiger partial charge in [0.05, 0.1) is 0 Å². The summed E-state index contributed by atoms with van der Waals surface area (Å²) in [5, 5.41) is 13.4. The number of furan rings is 1. The second kappa shape index (κ2) is 6.54. The van der Waals surface area contributed by atoms with Crippen molar-refractivity contribution in [2.45, 2.75) is 13.0 Å². The van der Waals surface area contributed by atoms with Crippen molar-refractivity contribution in [1.82, 2.24) is 10.2 Å². The van der Waals surface area contributed by atoms with Crippen molar-refractivity contribution in [1.29, 1.82) is 0 Å². The van der Waals surface area contributed by atoms with Crippen molar-refractivity contribution in [2.75, 3.05) is 27.2 Å². The van der Waals surface area contributed by atoms with Gasteiger partial charge in [-0.2, -0.15) is 0 Å². The smallest absolute Gasteiger partial charge is 0.372 e. The Kier molecular flexibility index (Phi) is 4.76. The lowest BCUT2D eigenvalue weighted by Crippen LogP contribution is -2.21. The van der Waals surface area contributed by atoms with Crippen LogP contribution in [0, 0.1) is 0 Å². The summed E-state index contributed by atoms with van der Waals surface area (Å²) in [6, 6.07) is 7.41. The molecule has 1 aromatic carbocycles. The fraction of sp³-hybridized carbons (Fsp3) is 0.400. The molecule has 2 aromatic rings. The highest BCUT2D eigenvalue weighted by atomic mass is 16.4. The molecule has 20 heavy (non-hydrogen) atoms. The molecule has 0 bridgehead atoms. The molecule has 0 atom stereocenters. The van der Waals surface area contributed by atoms with Crippen molar-refractivity contribution in [2.24, 2.45) is 0 Å². The number of carboxylic acid groups (broad SMARTS) is 1. The van der Waals surface area contributed by atoms with Crippen LogP contribution < -0.4 is 5.32 Å². The molecule has 0 saturated carbocycles. The number of hydrogen-bond donors (Lipinski definition) is 2. The van der Waals surface area contributed by atoms with Gasteiger partial charge >= 0.3 is 5.97 Å². The molecule has 0 radical (unpaired) electrons. The predicted molar refractivity (Wildman–Crippen MR) is 78.1 cm³/mol. The van der Waals surface area contributed by atoms with Crippen LogP contribution in [0.5, 0.6) is 0 Å². The van der Waals surface area contributed by atoms with Gasteiger partial charge < -0.3 is 19.7 Å². The normalized spacial score (nSPS) is 11.3. The van der Waals surface area contributed by atoms with E-state index in [1.54, 1.807) is 6.07 Å². The van der Waals surface area contributed by atoms with Gasteiger partial charge in [-0.15, -0.1) is 0 Å². The monoisotopic (exact) mass is 276 g/mol. The van der Waals surface area contributed by atoms with Gasteiger partial charge in [-0.25, -0.2) is 4.79 Å². The zero-order chi connectivity index (χ0) is 14.5. The van der Waals surface area contributed by atoms with Gasteiger partial charge in [0, 0.05) is 17.5 Å². The van der Waals surface area contributed by atoms with Crippen LogP contribution in [0.3, 0.4) is 0 Å². The third-order valence-electron chi connectivity index (χ3n) is 3.15. The molecule has 108 valence electrons. The molecule has 0 aliphatic rings. The molecule has 0 fully saturated rings. The van der Waals surface area contributed by atoms with Gasteiger partial charge in [-0.1, -0.05) is 18.2 Å². The van der Waals surface area contributed by atoms with Gasteiger partial charge in [0.25, 0.3) is 0 Å². The average molecular weight is 276 g/mol. The van der Waals surface area contributed by atoms with Crippen LogP contribution in [0.15, 0.2) is 28.7 Å². The summed E-state index contributed by atoms with van der Waals surface area (Å²) in [5.74, 6) is -0.988. The van der Waals surface area contributed by atoms with E-state index in [-0.39, 0.29) is 5.76 Å². The Hall–Kier alpha value is -1.85. The lowest BCUT2D eigenvalue weighted by molar-refractivity contribution is 0.0663. The second-order valence-electron chi connectivity index (χ2n) is 5.04. The van der Waals surface area contributed by atoms with Crippen LogP contribution in [0.4, 0.5) is 0 Å². The highest BCUT2D eigenvalue weighted by Gasteiger charge is 2.18. The van der Waals surface area contributed by atoms with Crippen LogP contribution in [0.2, 0.25) is 0 Å². The van der Waals surface area contributed by atoms with E-state index in [2.05, 4.69) is 10.2 Å². The van der Waals surface area contributed by atoms with E-state index in [4.69, 9.17) is 4.42 Å². The molecule has 0 amide bonds. The standard InChI is InChI=1S/C15H20N2O3/c1-17(2)9-5-8-16-10-12-11-6-3-4-7-13(11)20-14(12)15(18)19/h3-4,6-7,16H,5,8-10H2,1-2H3,(H,18,19). The Morgan fingerprint density at radius 2 is 2.10 bits per heavy atom. The van der Waals surface area contributed by atoms with Crippen molar-refractivity contribution in [3.63, 3.8) is 0 Å². The first-order valence-electron chi connectivity index (χ1n) is 6.68. The highest BCUT2D eigenvalue weighted by molar-refractivity contribution is 5.95. The summed E-state index contributed by atoms with van der Waals surface area (Å²) >= 11 is 0. The third kappa shape index (κ3) is 3.37. The van der Waals surface area contributed by atoms with Crippen LogP contribution >= 0.6 is 0 Å². The van der Waals surface area contributed by atoms with Gasteiger partial charge in [-0.3, -0.25) is 0 Å². The van der Waals surface area contributed by atoms with E-state index in [0.29, 0.717) is 12.1 Å². The maximum absolute atomic E-state index is 11.2. The second-order valence-corrected chi connectivity index (χ2v) is 5.04. The molecule has 2 N–H and O–H groups in total. The molecule has 0 unspecified atom stereocenters. The van der Waals surface area contributed by atoms with Gasteiger partial charge in [0.15, 0.2) is 0 Å². The average Bonchev–Trinajstić information content (AvgIpc) is 2.77. The van der Waals surface area contributed by atoms with Crippen molar-refractivity contribution in [3.8, 4) is 0 Å². The maximum atomic E-state index is 11.2. The summed E-state index contributed by atoms with van der Waals surface area (Å²) < 4.78 is 5.41. The minimum atomic E-state index is -1.02. The predicted octanol–water partition coefficient (Wildman–Crippen LogP) is 2.17. The summed E-state index contributed by atoms with van der Waals surface area (Å²) in [6.07, 6.45) is 1.02. The van der Waals surface area contributed by atoms with Crippen molar-refractivity contribution in [3.05, 3.63) is 35.6 Å². The number of hydrogen-bond acceptors (Lipinski definition) is 4. The number of carboxylic acids is 1. The summed E-state index contributed by atoms with van der Waals surface area (Å²) in [4.78, 5) is 13.4. The largest absolute Gasteiger partial charge is 0.475 e. The molecule has 1 heterocycles. The molecule has 5 nitrogen and oxygen atoms in total. The van der Waals surface area contributed by atoms with Crippen LogP contribution in [-0.4, -0.2) is 43.2 Å². The minimum Gasteiger partial charge on any atom is -0.475 e. The van der Waals surface area contributed by atoms with E-state index in [1.807, 2.05) is 32.3 Å². The number of nitrogens with one attached hydrogen (secondary N) is 1. The molecule has 5 heteroatoms. The van der Waals surface area contributed by atoms with E-state index < -0.39 is 5.97 Å². The van der Waals surface area contributed by atoms with Crippen LogP contribution in [0.25, 0.3) is 11.0 Å². The Morgan fingerprint density at radius 3 is 2.80 bits per heavy atom. The summed E-state index contributed by atoms with van der Waals surface area (Å²) in [5.41, 5.74) is 1.34. The van der Waals surface area contributed by atoms with Gasteiger partial charge in [-0.05, 0) is 39.7 Å². The Morgan fingerprint density at radius 1 is 1.35 bits per heavy atom. The Balaban J connectivity index is 2.08. The van der Waals surface area contributed by atoms with Gasteiger partial charge in [0.1, 0.15) is 5.58 Å². The SMILES string of the molecule is CN(C)CCCNCc1c(C(=O)O)oc2ccccc12. The highest BCUT2D eigenvalue weighted by Crippen LogP contribution is 2.25. The number of nitrogens with zero attached hydrogens (tertiary/aromatic N) is 1. The molecular formula is C15H20N2O3. The number of rotatable bonds is 7. The summed E-state index contributed by atoms with van der Waals surface area (Å²) in [6.45, 7) is 2.35. The van der Waals surface area contributed by atoms with Crippen LogP contribution in [-0.2, 0) is 6.54 Å². The number of benzene rings is 1. The first-order chi connectivity index (χ1) is 9.59. The topological polar surface area (TPSA) is 65.7 Å². The van der Waals surface area contributed by atoms with Crippen LogP contribution in [0.1, 0.15) is 22.5 Å². The molecule has 2 rings (SSSR count). The lowest BCUT2D eigenvalue weighted by Gasteiger charge is -2.09. The third-order valence-corrected chi connectivity index (χ3v) is 3.15. The Bertz CT molecular complexity index is 590. The van der Waals surface area contributed by atoms with Crippen molar-refractivity contribution >= 4 is 16.9 Å². The van der Waals surface area contributed by atoms with E-state index >= 15 is 0 Å². The number of para-hydroxylation sites is 1. The quantitative estimate of drug-likeness (QED) is 0.759. The zero-order valence-corrected chi connectivity index (χ0v) is 11.8. The summed E-state index contributed by atoms with van der Waals surface area (Å²) in [7, 11) is 4.07. The fourth-order valence-corrected chi connectivity index (χ4v) is 2.18. The molecular weight excluding hydrogens is 256 g/mol. The number of carbonyl (C=O) groups is 1. The lowest BCUT2D eigenvalue weighted by atomic mass is 10.1. The van der Waals surface area contributed by atoms with E-state index in [1.165, 1.54) is 0 Å². The zero-order valence-electron chi connectivity index (χ0n) is 11.8. The number of aromatic carboxylic acids is 1. The minimum absolute atomic E-state index is 0.0336. The molecule has 0 saturated heterocycles. The van der Waals surface area contributed by atoms with Crippen molar-refractivity contribution < 1.29 is 14.3 Å². The molecule has 0 aliphatic carbocycles. The van der Waals surface area contributed by atoms with E-state index in [9.17, 15) is 9.90 Å². The first kappa shape index (κ1) is 14.6. The Labute approximate surface area is 118 Å². The molecule has 0 aliphatic heterocycles. The number of fused-ring (bicyclic) bond motifs is 1. The fourth-order valence-electron chi connectivity index (χ4n) is 2.18. The molecule has 0 spiro atoms.